The lowest BCUT2D eigenvalue weighted by Gasteiger charge is -2.29. The molecule has 1 amide bonds. The summed E-state index contributed by atoms with van der Waals surface area (Å²) >= 11 is 6.75. The maximum atomic E-state index is 13.3. The molecule has 4 aromatic rings. The van der Waals surface area contributed by atoms with Gasteiger partial charge in [0, 0.05) is 19.3 Å². The van der Waals surface area contributed by atoms with E-state index in [2.05, 4.69) is 22.2 Å². The first-order valence-corrected chi connectivity index (χ1v) is 10.4. The SMILES string of the molecule is Cc1ccc(-n2nc(C)c3c(Cl)c(C(=O)N4CCc5ccccc5C4)cnc32)cc1. The minimum atomic E-state index is -0.0913. The molecule has 0 saturated carbocycles. The topological polar surface area (TPSA) is 51.0 Å². The number of benzene rings is 2. The third kappa shape index (κ3) is 3.06. The van der Waals surface area contributed by atoms with E-state index in [0.717, 1.165) is 23.2 Å². The van der Waals surface area contributed by atoms with Crippen molar-refractivity contribution in [2.45, 2.75) is 26.8 Å². The Kier molecular flexibility index (Phi) is 4.55. The molecule has 3 heterocycles. The number of hydrogen-bond donors (Lipinski definition) is 0. The van der Waals surface area contributed by atoms with E-state index in [0.29, 0.717) is 29.3 Å². The van der Waals surface area contributed by atoms with E-state index in [1.807, 2.05) is 55.1 Å². The fraction of sp³-hybridized carbons (Fsp3) is 0.208. The molecule has 1 aliphatic heterocycles. The van der Waals surface area contributed by atoms with E-state index in [9.17, 15) is 4.79 Å². The molecule has 2 aromatic heterocycles. The van der Waals surface area contributed by atoms with E-state index in [1.165, 1.54) is 16.7 Å². The van der Waals surface area contributed by atoms with Crippen LogP contribution in [0.1, 0.15) is 32.7 Å². The number of halogens is 1. The van der Waals surface area contributed by atoms with Gasteiger partial charge in [0.05, 0.1) is 27.4 Å². The molecular weight excluding hydrogens is 396 g/mol. The predicted molar refractivity (Wildman–Crippen MR) is 118 cm³/mol. The number of carbonyl (C=O) groups is 1. The van der Waals surface area contributed by atoms with Crippen LogP contribution in [0.3, 0.4) is 0 Å². The quantitative estimate of drug-likeness (QED) is 0.467. The maximum absolute atomic E-state index is 13.3. The average molecular weight is 417 g/mol. The molecule has 0 radical (unpaired) electrons. The third-order valence-corrected chi connectivity index (χ3v) is 6.13. The Morgan fingerprint density at radius 2 is 1.77 bits per heavy atom. The number of amides is 1. The molecule has 5 nitrogen and oxygen atoms in total. The van der Waals surface area contributed by atoms with Gasteiger partial charge in [-0.3, -0.25) is 4.79 Å². The zero-order valence-electron chi connectivity index (χ0n) is 16.9. The molecule has 0 aliphatic carbocycles. The number of rotatable bonds is 2. The summed E-state index contributed by atoms with van der Waals surface area (Å²) in [6, 6.07) is 16.3. The Labute approximate surface area is 179 Å². The van der Waals surface area contributed by atoms with Crippen LogP contribution in [0.5, 0.6) is 0 Å². The van der Waals surface area contributed by atoms with Gasteiger partial charge < -0.3 is 4.90 Å². The van der Waals surface area contributed by atoms with E-state index < -0.39 is 0 Å². The molecule has 0 unspecified atom stereocenters. The van der Waals surface area contributed by atoms with E-state index in [-0.39, 0.29) is 5.91 Å². The molecule has 2 aromatic carbocycles. The van der Waals surface area contributed by atoms with Crippen LogP contribution in [0.25, 0.3) is 16.7 Å². The highest BCUT2D eigenvalue weighted by atomic mass is 35.5. The van der Waals surface area contributed by atoms with Gasteiger partial charge in [-0.05, 0) is 43.5 Å². The lowest BCUT2D eigenvalue weighted by atomic mass is 9.99. The molecule has 6 heteroatoms. The van der Waals surface area contributed by atoms with Crippen molar-refractivity contribution < 1.29 is 4.79 Å². The van der Waals surface area contributed by atoms with Crippen LogP contribution in [0.2, 0.25) is 5.02 Å². The molecule has 0 fully saturated rings. The highest BCUT2D eigenvalue weighted by molar-refractivity contribution is 6.38. The predicted octanol–water partition coefficient (Wildman–Crippen LogP) is 4.89. The van der Waals surface area contributed by atoms with E-state index in [1.54, 1.807) is 10.9 Å². The molecule has 5 rings (SSSR count). The molecule has 0 spiro atoms. The van der Waals surface area contributed by atoms with Gasteiger partial charge >= 0.3 is 0 Å². The third-order valence-electron chi connectivity index (χ3n) is 5.73. The van der Waals surface area contributed by atoms with Gasteiger partial charge in [0.15, 0.2) is 5.65 Å². The highest BCUT2D eigenvalue weighted by Crippen LogP contribution is 2.31. The standard InChI is InChI=1S/C24H21ClN4O/c1-15-7-9-19(10-8-15)29-23-21(16(2)27-29)22(25)20(13-26-23)24(30)28-12-11-17-5-3-4-6-18(17)14-28/h3-10,13H,11-12,14H2,1-2H3. The van der Waals surface area contributed by atoms with Gasteiger partial charge in [-0.25, -0.2) is 9.67 Å². The fourth-order valence-electron chi connectivity index (χ4n) is 4.06. The molecule has 1 aliphatic rings. The first-order valence-electron chi connectivity index (χ1n) is 10.00. The summed E-state index contributed by atoms with van der Waals surface area (Å²) in [6.45, 7) is 5.20. The van der Waals surface area contributed by atoms with Crippen molar-refractivity contribution in [2.75, 3.05) is 6.54 Å². The van der Waals surface area contributed by atoms with Crippen LogP contribution in [0.4, 0.5) is 0 Å². The van der Waals surface area contributed by atoms with Crippen LogP contribution in [-0.2, 0) is 13.0 Å². The largest absolute Gasteiger partial charge is 0.334 e. The molecule has 150 valence electrons. The summed E-state index contributed by atoms with van der Waals surface area (Å²) in [5.74, 6) is -0.0913. The Morgan fingerprint density at radius 1 is 1.03 bits per heavy atom. The number of nitrogens with zero attached hydrogens (tertiary/aromatic N) is 4. The van der Waals surface area contributed by atoms with Crippen molar-refractivity contribution in [2.24, 2.45) is 0 Å². The number of hydrogen-bond acceptors (Lipinski definition) is 3. The summed E-state index contributed by atoms with van der Waals surface area (Å²) in [5, 5.41) is 5.78. The van der Waals surface area contributed by atoms with E-state index in [4.69, 9.17) is 11.6 Å². The highest BCUT2D eigenvalue weighted by Gasteiger charge is 2.26. The Hall–Kier alpha value is -3.18. The summed E-state index contributed by atoms with van der Waals surface area (Å²) in [5.41, 5.74) is 6.41. The van der Waals surface area contributed by atoms with Crippen LogP contribution < -0.4 is 0 Å². The molecular formula is C24H21ClN4O. The van der Waals surface area contributed by atoms with Crippen molar-refractivity contribution >= 4 is 28.5 Å². The van der Waals surface area contributed by atoms with Gasteiger partial charge in [0.25, 0.3) is 5.91 Å². The van der Waals surface area contributed by atoms with Crippen LogP contribution >= 0.6 is 11.6 Å². The summed E-state index contributed by atoms with van der Waals surface area (Å²) in [4.78, 5) is 19.7. The smallest absolute Gasteiger partial charge is 0.257 e. The van der Waals surface area contributed by atoms with Crippen molar-refractivity contribution in [3.63, 3.8) is 0 Å². The van der Waals surface area contributed by atoms with Gasteiger partial charge in [-0.1, -0.05) is 53.6 Å². The molecule has 0 N–H and O–H groups in total. The van der Waals surface area contributed by atoms with Crippen molar-refractivity contribution in [3.8, 4) is 5.69 Å². The second-order valence-electron chi connectivity index (χ2n) is 7.76. The summed E-state index contributed by atoms with van der Waals surface area (Å²) in [7, 11) is 0. The first kappa shape index (κ1) is 18.8. The van der Waals surface area contributed by atoms with Crippen molar-refractivity contribution in [1.82, 2.24) is 19.7 Å². The first-order chi connectivity index (χ1) is 14.5. The van der Waals surface area contributed by atoms with Crippen molar-refractivity contribution in [3.05, 3.63) is 87.7 Å². The number of pyridine rings is 1. The zero-order valence-corrected chi connectivity index (χ0v) is 17.6. The van der Waals surface area contributed by atoms with Crippen molar-refractivity contribution in [1.29, 1.82) is 0 Å². The summed E-state index contributed by atoms with van der Waals surface area (Å²) < 4.78 is 1.78. The fourth-order valence-corrected chi connectivity index (χ4v) is 4.41. The molecule has 30 heavy (non-hydrogen) atoms. The molecule has 0 bridgehead atoms. The van der Waals surface area contributed by atoms with Gasteiger partial charge in [-0.15, -0.1) is 0 Å². The van der Waals surface area contributed by atoms with Crippen LogP contribution in [0.15, 0.2) is 54.7 Å². The normalized spacial score (nSPS) is 13.5. The Bertz CT molecular complexity index is 1280. The Morgan fingerprint density at radius 3 is 2.53 bits per heavy atom. The number of fused-ring (bicyclic) bond motifs is 2. The van der Waals surface area contributed by atoms with E-state index >= 15 is 0 Å². The second kappa shape index (κ2) is 7.26. The van der Waals surface area contributed by atoms with Crippen LogP contribution in [-0.4, -0.2) is 32.1 Å². The lowest BCUT2D eigenvalue weighted by molar-refractivity contribution is 0.0734. The molecule has 0 saturated heterocycles. The zero-order chi connectivity index (χ0) is 20.8. The van der Waals surface area contributed by atoms with Gasteiger partial charge in [0.2, 0.25) is 0 Å². The van der Waals surface area contributed by atoms with Gasteiger partial charge in [0.1, 0.15) is 0 Å². The number of aryl methyl sites for hydroxylation is 2. The lowest BCUT2D eigenvalue weighted by Crippen LogP contribution is -2.36. The van der Waals surface area contributed by atoms with Crippen LogP contribution in [0, 0.1) is 13.8 Å². The maximum Gasteiger partial charge on any atom is 0.257 e. The minimum absolute atomic E-state index is 0.0913. The monoisotopic (exact) mass is 416 g/mol. The Balaban J connectivity index is 1.53. The minimum Gasteiger partial charge on any atom is -0.334 e. The number of aromatic nitrogens is 3. The second-order valence-corrected chi connectivity index (χ2v) is 8.14. The van der Waals surface area contributed by atoms with Gasteiger partial charge in [-0.2, -0.15) is 5.10 Å². The number of carbonyl (C=O) groups excluding carboxylic acids is 1. The summed E-state index contributed by atoms with van der Waals surface area (Å²) in [6.07, 6.45) is 2.43. The average Bonchev–Trinajstić information content (AvgIpc) is 3.11. The molecule has 0 atom stereocenters.